The lowest BCUT2D eigenvalue weighted by molar-refractivity contribution is -0.118. The number of benzene rings is 2. The number of nitrogens with one attached hydrogen (secondary N) is 1. The highest BCUT2D eigenvalue weighted by Crippen LogP contribution is 2.51. The molecule has 0 saturated carbocycles. The van der Waals surface area contributed by atoms with Crippen LogP contribution >= 0.6 is 0 Å². The SMILES string of the molecule is CC1=C2C(=O)NCCCCCCCOCC2C(c2ccccc2)(c2ccccc2)O1. The Kier molecular flexibility index (Phi) is 6.53. The second-order valence-corrected chi connectivity index (χ2v) is 8.19. The van der Waals surface area contributed by atoms with Gasteiger partial charge in [0.1, 0.15) is 5.76 Å². The number of hydrogen-bond donors (Lipinski definition) is 1. The Labute approximate surface area is 179 Å². The Bertz CT molecular complexity index is 836. The van der Waals surface area contributed by atoms with Crippen LogP contribution in [0.3, 0.4) is 0 Å². The predicted octanol–water partition coefficient (Wildman–Crippen LogP) is 4.95. The first kappa shape index (κ1) is 20.7. The van der Waals surface area contributed by atoms with Gasteiger partial charge < -0.3 is 14.8 Å². The van der Waals surface area contributed by atoms with Gasteiger partial charge in [-0.3, -0.25) is 4.79 Å². The number of carbonyl (C=O) groups is 1. The zero-order chi connectivity index (χ0) is 20.8. The van der Waals surface area contributed by atoms with Gasteiger partial charge in [-0.05, 0) is 19.8 Å². The maximum atomic E-state index is 13.3. The molecule has 1 fully saturated rings. The zero-order valence-electron chi connectivity index (χ0n) is 17.7. The molecule has 2 aliphatic rings. The lowest BCUT2D eigenvalue weighted by atomic mass is 9.74. The molecule has 0 aliphatic carbocycles. The molecule has 4 rings (SSSR count). The molecule has 0 aromatic heterocycles. The third-order valence-electron chi connectivity index (χ3n) is 6.22. The van der Waals surface area contributed by atoms with Crippen LogP contribution in [-0.4, -0.2) is 25.7 Å². The normalized spacial score (nSPS) is 22.7. The van der Waals surface area contributed by atoms with E-state index in [0.29, 0.717) is 31.1 Å². The van der Waals surface area contributed by atoms with E-state index in [1.807, 2.05) is 43.3 Å². The molecule has 4 nitrogen and oxygen atoms in total. The number of amides is 1. The summed E-state index contributed by atoms with van der Waals surface area (Å²) in [6.07, 6.45) is 5.55. The van der Waals surface area contributed by atoms with Gasteiger partial charge in [0, 0.05) is 24.3 Å². The second-order valence-electron chi connectivity index (χ2n) is 8.19. The van der Waals surface area contributed by atoms with Crippen molar-refractivity contribution in [3.05, 3.63) is 83.1 Å². The van der Waals surface area contributed by atoms with Crippen molar-refractivity contribution in [2.24, 2.45) is 5.92 Å². The fraction of sp³-hybridized carbons (Fsp3) is 0.423. The van der Waals surface area contributed by atoms with E-state index in [0.717, 1.165) is 30.4 Å². The number of carbonyl (C=O) groups excluding carboxylic acids is 1. The van der Waals surface area contributed by atoms with Gasteiger partial charge in [0.15, 0.2) is 5.60 Å². The maximum Gasteiger partial charge on any atom is 0.251 e. The molecular formula is C26H31NO3. The third-order valence-corrected chi connectivity index (χ3v) is 6.22. The van der Waals surface area contributed by atoms with Crippen LogP contribution < -0.4 is 5.32 Å². The fourth-order valence-corrected chi connectivity index (χ4v) is 4.75. The van der Waals surface area contributed by atoms with Crippen molar-refractivity contribution in [3.63, 3.8) is 0 Å². The minimum Gasteiger partial charge on any atom is -0.481 e. The van der Waals surface area contributed by atoms with E-state index in [1.165, 1.54) is 12.8 Å². The molecule has 2 aromatic rings. The van der Waals surface area contributed by atoms with Crippen LogP contribution in [-0.2, 0) is 19.9 Å². The molecule has 1 amide bonds. The van der Waals surface area contributed by atoms with Gasteiger partial charge in [0.05, 0.1) is 18.1 Å². The van der Waals surface area contributed by atoms with Gasteiger partial charge in [0.25, 0.3) is 5.91 Å². The summed E-state index contributed by atoms with van der Waals surface area (Å²) in [5.74, 6) is 0.431. The average Bonchev–Trinajstić information content (AvgIpc) is 3.09. The van der Waals surface area contributed by atoms with Crippen molar-refractivity contribution < 1.29 is 14.3 Å². The van der Waals surface area contributed by atoms with Gasteiger partial charge >= 0.3 is 0 Å². The molecule has 2 aromatic carbocycles. The van der Waals surface area contributed by atoms with Gasteiger partial charge in [-0.15, -0.1) is 0 Å². The monoisotopic (exact) mass is 405 g/mol. The standard InChI is InChI=1S/C26H31NO3/c1-20-24-23(19-29-18-12-4-2-3-11-17-27-25(24)28)26(30-20,21-13-7-5-8-14-21)22-15-9-6-10-16-22/h5-10,13-16,23H,2-4,11-12,17-19H2,1H3,(H,27,28). The van der Waals surface area contributed by atoms with Gasteiger partial charge in [-0.25, -0.2) is 0 Å². The summed E-state index contributed by atoms with van der Waals surface area (Å²) in [4.78, 5) is 13.3. The summed E-state index contributed by atoms with van der Waals surface area (Å²) >= 11 is 0. The first-order valence-electron chi connectivity index (χ1n) is 11.1. The number of fused-ring (bicyclic) bond motifs is 1. The zero-order valence-corrected chi connectivity index (χ0v) is 17.7. The lowest BCUT2D eigenvalue weighted by Gasteiger charge is -2.37. The molecular weight excluding hydrogens is 374 g/mol. The van der Waals surface area contributed by atoms with Crippen molar-refractivity contribution in [2.75, 3.05) is 19.8 Å². The summed E-state index contributed by atoms with van der Waals surface area (Å²) < 4.78 is 12.8. The van der Waals surface area contributed by atoms with Gasteiger partial charge in [0.2, 0.25) is 0 Å². The molecule has 4 heteroatoms. The molecule has 2 heterocycles. The summed E-state index contributed by atoms with van der Waals surface area (Å²) in [6.45, 7) is 3.77. The number of rotatable bonds is 2. The van der Waals surface area contributed by atoms with E-state index in [2.05, 4.69) is 29.6 Å². The van der Waals surface area contributed by atoms with Crippen LogP contribution in [0.1, 0.15) is 50.2 Å². The first-order chi connectivity index (χ1) is 14.7. The molecule has 0 spiro atoms. The molecule has 0 radical (unpaired) electrons. The summed E-state index contributed by atoms with van der Waals surface area (Å²) in [5.41, 5.74) is 2.01. The van der Waals surface area contributed by atoms with E-state index in [-0.39, 0.29) is 11.8 Å². The van der Waals surface area contributed by atoms with Crippen LogP contribution in [0.4, 0.5) is 0 Å². The van der Waals surface area contributed by atoms with Crippen molar-refractivity contribution >= 4 is 5.91 Å². The van der Waals surface area contributed by atoms with Crippen LogP contribution in [0, 0.1) is 5.92 Å². The first-order valence-corrected chi connectivity index (χ1v) is 11.1. The summed E-state index contributed by atoms with van der Waals surface area (Å²) in [6, 6.07) is 20.5. The highest BCUT2D eigenvalue weighted by molar-refractivity contribution is 5.95. The van der Waals surface area contributed by atoms with Crippen LogP contribution in [0.5, 0.6) is 0 Å². The largest absolute Gasteiger partial charge is 0.481 e. The topological polar surface area (TPSA) is 47.6 Å². The Morgan fingerprint density at radius 1 is 0.867 bits per heavy atom. The van der Waals surface area contributed by atoms with E-state index < -0.39 is 5.60 Å². The molecule has 1 N–H and O–H groups in total. The molecule has 1 atom stereocenters. The van der Waals surface area contributed by atoms with Crippen LogP contribution in [0.25, 0.3) is 0 Å². The molecule has 30 heavy (non-hydrogen) atoms. The summed E-state index contributed by atoms with van der Waals surface area (Å²) in [5, 5.41) is 3.13. The van der Waals surface area contributed by atoms with E-state index >= 15 is 0 Å². The van der Waals surface area contributed by atoms with Crippen molar-refractivity contribution in [1.29, 1.82) is 0 Å². The molecule has 158 valence electrons. The smallest absolute Gasteiger partial charge is 0.251 e. The quantitative estimate of drug-likeness (QED) is 0.769. The molecule has 2 aliphatic heterocycles. The highest BCUT2D eigenvalue weighted by Gasteiger charge is 2.53. The van der Waals surface area contributed by atoms with Gasteiger partial charge in [-0.1, -0.05) is 79.9 Å². The molecule has 1 saturated heterocycles. The van der Waals surface area contributed by atoms with Crippen molar-refractivity contribution in [3.8, 4) is 0 Å². The van der Waals surface area contributed by atoms with E-state index in [4.69, 9.17) is 9.47 Å². The molecule has 1 unspecified atom stereocenters. The Balaban J connectivity index is 1.79. The highest BCUT2D eigenvalue weighted by atomic mass is 16.5. The average molecular weight is 406 g/mol. The second kappa shape index (κ2) is 9.48. The van der Waals surface area contributed by atoms with E-state index in [1.54, 1.807) is 0 Å². The van der Waals surface area contributed by atoms with Gasteiger partial charge in [-0.2, -0.15) is 0 Å². The number of allylic oxidation sites excluding steroid dienone is 1. The fourth-order valence-electron chi connectivity index (χ4n) is 4.75. The Morgan fingerprint density at radius 3 is 2.13 bits per heavy atom. The minimum absolute atomic E-state index is 0.0333. The summed E-state index contributed by atoms with van der Waals surface area (Å²) in [7, 11) is 0. The van der Waals surface area contributed by atoms with Crippen molar-refractivity contribution in [1.82, 2.24) is 5.32 Å². The Hall–Kier alpha value is -2.59. The third kappa shape index (κ3) is 4.01. The molecule has 0 bridgehead atoms. The number of hydrogen-bond acceptors (Lipinski definition) is 3. The lowest BCUT2D eigenvalue weighted by Crippen LogP contribution is -2.41. The van der Waals surface area contributed by atoms with Crippen LogP contribution in [0.2, 0.25) is 0 Å². The number of ether oxygens (including phenoxy) is 2. The minimum atomic E-state index is -0.778. The van der Waals surface area contributed by atoms with E-state index in [9.17, 15) is 4.79 Å². The van der Waals surface area contributed by atoms with Crippen molar-refractivity contribution in [2.45, 2.75) is 44.6 Å². The predicted molar refractivity (Wildman–Crippen MR) is 118 cm³/mol. The Morgan fingerprint density at radius 2 is 1.47 bits per heavy atom. The maximum absolute atomic E-state index is 13.3. The van der Waals surface area contributed by atoms with Crippen LogP contribution in [0.15, 0.2) is 72.0 Å².